The number of aromatic nitrogens is 4. The molecule has 0 saturated heterocycles. The number of hydrogen-bond acceptors (Lipinski definition) is 3. The summed E-state index contributed by atoms with van der Waals surface area (Å²) < 4.78 is 0. The average molecular weight is 562 g/mol. The van der Waals surface area contributed by atoms with E-state index in [1.807, 2.05) is 12.1 Å². The summed E-state index contributed by atoms with van der Waals surface area (Å²) in [5.74, 6) is 0. The fourth-order valence-electron chi connectivity index (χ4n) is 5.91. The molecule has 0 fully saturated rings. The normalized spacial score (nSPS) is 12.1. The van der Waals surface area contributed by atoms with Crippen molar-refractivity contribution in [1.82, 2.24) is 19.9 Å². The van der Waals surface area contributed by atoms with Gasteiger partial charge in [-0.25, -0.2) is 9.97 Å². The first-order valence-electron chi connectivity index (χ1n) is 15.2. The number of hydrogen-bond donors (Lipinski definition) is 3. The van der Waals surface area contributed by atoms with Crippen molar-refractivity contribution >= 4 is 52.1 Å². The number of unbranched alkanes of at least 4 members (excludes halogenated alkanes) is 3. The highest BCUT2D eigenvalue weighted by molar-refractivity contribution is 5.96. The predicted molar refractivity (Wildman–Crippen MR) is 182 cm³/mol. The van der Waals surface area contributed by atoms with E-state index in [2.05, 4.69) is 125 Å². The summed E-state index contributed by atoms with van der Waals surface area (Å²) in [7, 11) is 0. The zero-order chi connectivity index (χ0) is 29.0. The maximum Gasteiger partial charge on any atom is 0.0890 e. The summed E-state index contributed by atoms with van der Waals surface area (Å²) in [6.45, 7) is 3.14. The zero-order valence-corrected chi connectivity index (χ0v) is 24.4. The lowest BCUT2D eigenvalue weighted by Crippen LogP contribution is -2.03. The summed E-state index contributed by atoms with van der Waals surface area (Å²) in [5, 5.41) is 3.76. The maximum atomic E-state index is 5.24. The molecule has 0 amide bonds. The molecule has 2 aromatic carbocycles. The van der Waals surface area contributed by atoms with E-state index in [1.165, 1.54) is 19.3 Å². The Balaban J connectivity index is 1.53. The van der Waals surface area contributed by atoms with Crippen molar-refractivity contribution in [1.29, 1.82) is 0 Å². The third-order valence-electron chi connectivity index (χ3n) is 8.03. The summed E-state index contributed by atoms with van der Waals surface area (Å²) in [5.41, 5.74) is 13.1. The number of H-pyrrole nitrogens is 2. The van der Waals surface area contributed by atoms with E-state index >= 15 is 0 Å². The fourth-order valence-corrected chi connectivity index (χ4v) is 5.91. The van der Waals surface area contributed by atoms with Gasteiger partial charge in [0.25, 0.3) is 0 Å². The summed E-state index contributed by atoms with van der Waals surface area (Å²) in [4.78, 5) is 17.7. The number of fused-ring (bicyclic) bond motifs is 8. The van der Waals surface area contributed by atoms with E-state index in [1.54, 1.807) is 0 Å². The molecule has 0 unspecified atom stereocenters. The summed E-state index contributed by atoms with van der Waals surface area (Å²) in [6, 6.07) is 31.7. The minimum atomic E-state index is 0.889. The van der Waals surface area contributed by atoms with Crippen LogP contribution in [0.25, 0.3) is 68.6 Å². The first-order valence-corrected chi connectivity index (χ1v) is 15.2. The first kappa shape index (κ1) is 26.7. The van der Waals surface area contributed by atoms with Gasteiger partial charge in [0.2, 0.25) is 0 Å². The molecule has 7 rings (SSSR count). The van der Waals surface area contributed by atoms with Crippen LogP contribution in [-0.2, 0) is 0 Å². The van der Waals surface area contributed by atoms with Crippen LogP contribution in [0.2, 0.25) is 0 Å². The number of benzene rings is 2. The number of anilines is 1. The van der Waals surface area contributed by atoms with Gasteiger partial charge in [-0.2, -0.15) is 0 Å². The Kier molecular flexibility index (Phi) is 7.45. The quantitative estimate of drug-likeness (QED) is 0.162. The monoisotopic (exact) mass is 561 g/mol. The second-order valence-electron chi connectivity index (χ2n) is 11.1. The lowest BCUT2D eigenvalue weighted by Gasteiger charge is -2.08. The Hall–Kier alpha value is -5.16. The van der Waals surface area contributed by atoms with Crippen molar-refractivity contribution in [3.05, 3.63) is 114 Å². The molecule has 0 radical (unpaired) electrons. The fraction of sp³-hybridized carbons (Fsp3) is 0.158. The third-order valence-corrected chi connectivity index (χ3v) is 8.03. The number of nitrogens with one attached hydrogen (secondary N) is 3. The molecule has 0 aliphatic carbocycles. The van der Waals surface area contributed by atoms with Crippen LogP contribution in [-0.4, -0.2) is 26.5 Å². The molecule has 212 valence electrons. The first-order chi connectivity index (χ1) is 21.3. The Morgan fingerprint density at radius 1 is 0.581 bits per heavy atom. The molecular weight excluding hydrogens is 526 g/mol. The molecule has 3 aromatic heterocycles. The molecule has 0 saturated carbocycles. The molecule has 5 heteroatoms. The van der Waals surface area contributed by atoms with Gasteiger partial charge in [-0.3, -0.25) is 0 Å². The summed E-state index contributed by atoms with van der Waals surface area (Å²) in [6.07, 6.45) is 13.3. The van der Waals surface area contributed by atoms with Gasteiger partial charge in [0.15, 0.2) is 0 Å². The molecule has 3 N–H and O–H groups in total. The van der Waals surface area contributed by atoms with Gasteiger partial charge in [0, 0.05) is 34.2 Å². The van der Waals surface area contributed by atoms with Crippen LogP contribution < -0.4 is 5.32 Å². The Morgan fingerprint density at radius 2 is 1.21 bits per heavy atom. The average Bonchev–Trinajstić information content (AvgIpc) is 3.86. The van der Waals surface area contributed by atoms with E-state index in [-0.39, 0.29) is 0 Å². The number of rotatable bonds is 8. The molecule has 8 bridgehead atoms. The van der Waals surface area contributed by atoms with Crippen molar-refractivity contribution in [2.75, 3.05) is 11.9 Å². The second-order valence-corrected chi connectivity index (χ2v) is 11.1. The minimum absolute atomic E-state index is 0.889. The highest BCUT2D eigenvalue weighted by Crippen LogP contribution is 2.34. The number of aromatic amines is 2. The van der Waals surface area contributed by atoms with Crippen molar-refractivity contribution in [2.24, 2.45) is 0 Å². The molecule has 0 atom stereocenters. The van der Waals surface area contributed by atoms with Crippen LogP contribution in [0.3, 0.4) is 0 Å². The van der Waals surface area contributed by atoms with Gasteiger partial charge < -0.3 is 15.3 Å². The number of nitrogens with zero attached hydrogens (tertiary/aromatic N) is 2. The molecule has 0 spiro atoms. The van der Waals surface area contributed by atoms with Gasteiger partial charge in [-0.15, -0.1) is 0 Å². The van der Waals surface area contributed by atoms with Crippen LogP contribution in [0.15, 0.2) is 91.0 Å². The van der Waals surface area contributed by atoms with E-state index in [0.717, 1.165) is 85.7 Å². The molecule has 43 heavy (non-hydrogen) atoms. The Morgan fingerprint density at radius 3 is 1.95 bits per heavy atom. The Bertz CT molecular complexity index is 1940. The van der Waals surface area contributed by atoms with Crippen LogP contribution >= 0.6 is 0 Å². The van der Waals surface area contributed by atoms with Gasteiger partial charge in [-0.1, -0.05) is 86.8 Å². The summed E-state index contributed by atoms with van der Waals surface area (Å²) >= 11 is 0. The molecule has 5 aromatic rings. The minimum Gasteiger partial charge on any atom is -0.382 e. The topological polar surface area (TPSA) is 69.4 Å². The van der Waals surface area contributed by atoms with E-state index in [0.29, 0.717) is 0 Å². The molecule has 2 aliphatic heterocycles. The maximum absolute atomic E-state index is 5.24. The lowest BCUT2D eigenvalue weighted by molar-refractivity contribution is 0.685. The van der Waals surface area contributed by atoms with Gasteiger partial charge in [0.05, 0.1) is 34.0 Å². The zero-order valence-electron chi connectivity index (χ0n) is 24.4. The van der Waals surface area contributed by atoms with Crippen LogP contribution in [0.4, 0.5) is 5.69 Å². The Labute approximate surface area is 252 Å². The second kappa shape index (κ2) is 12.0. The van der Waals surface area contributed by atoms with Crippen molar-refractivity contribution < 1.29 is 0 Å². The van der Waals surface area contributed by atoms with Crippen LogP contribution in [0, 0.1) is 0 Å². The molecule has 5 heterocycles. The lowest BCUT2D eigenvalue weighted by atomic mass is 10.0. The highest BCUT2D eigenvalue weighted by Gasteiger charge is 2.15. The van der Waals surface area contributed by atoms with Crippen molar-refractivity contribution in [3.63, 3.8) is 0 Å². The standard InChI is InChI=1S/C38H35N5/c1-2-3-4-11-24-39-38-34-22-20-32(42-34)36(26-12-7-5-8-13-26)30-18-16-28(40-30)25-29-17-19-31(41-29)37(27-14-9-6-10-15-27)33-21-23-35(38)43-33/h5-10,12-23,25,39-40,43H,2-4,11,24H2,1H3. The molecular formula is C38H35N5. The SMILES string of the molecule is CCCCCCNc1c2nc(c(-c3ccccc3)c3ccc(cc4nc(c(-c5ccccc5)c5ccc1[nH]5)C=C4)[nH]3)C=C2. The van der Waals surface area contributed by atoms with Gasteiger partial charge in [0.1, 0.15) is 0 Å². The largest absolute Gasteiger partial charge is 0.382 e. The molecule has 5 nitrogen and oxygen atoms in total. The van der Waals surface area contributed by atoms with Crippen molar-refractivity contribution in [3.8, 4) is 22.3 Å². The van der Waals surface area contributed by atoms with Gasteiger partial charge >= 0.3 is 0 Å². The smallest absolute Gasteiger partial charge is 0.0890 e. The van der Waals surface area contributed by atoms with E-state index in [9.17, 15) is 0 Å². The van der Waals surface area contributed by atoms with E-state index in [4.69, 9.17) is 9.97 Å². The van der Waals surface area contributed by atoms with Crippen LogP contribution in [0.1, 0.15) is 55.4 Å². The van der Waals surface area contributed by atoms with Crippen molar-refractivity contribution in [2.45, 2.75) is 32.6 Å². The van der Waals surface area contributed by atoms with E-state index < -0.39 is 0 Å². The van der Waals surface area contributed by atoms with Gasteiger partial charge in [-0.05, 0) is 72.2 Å². The highest BCUT2D eigenvalue weighted by atomic mass is 14.9. The molecule has 2 aliphatic rings. The van der Waals surface area contributed by atoms with Crippen LogP contribution in [0.5, 0.6) is 0 Å². The predicted octanol–water partition coefficient (Wildman–Crippen LogP) is 9.98. The third kappa shape index (κ3) is 5.54.